The van der Waals surface area contributed by atoms with Gasteiger partial charge in [-0.05, 0) is 29.2 Å². The van der Waals surface area contributed by atoms with Gasteiger partial charge in [0.1, 0.15) is 6.54 Å². The van der Waals surface area contributed by atoms with E-state index < -0.39 is 11.9 Å². The lowest BCUT2D eigenvalue weighted by molar-refractivity contribution is -0.135. The molecule has 1 aromatic heterocycles. The van der Waals surface area contributed by atoms with Gasteiger partial charge in [-0.15, -0.1) is 0 Å². The molecule has 0 saturated heterocycles. The number of rotatable bonds is 6. The maximum atomic E-state index is 11.9. The lowest BCUT2D eigenvalue weighted by Gasteiger charge is -2.06. The van der Waals surface area contributed by atoms with Crippen LogP contribution in [0.4, 0.5) is 0 Å². The number of carboxylic acids is 1. The second-order valence-corrected chi connectivity index (χ2v) is 5.40. The molecule has 1 amide bonds. The van der Waals surface area contributed by atoms with Crippen LogP contribution >= 0.6 is 0 Å². The van der Waals surface area contributed by atoms with E-state index in [-0.39, 0.29) is 6.54 Å². The van der Waals surface area contributed by atoms with E-state index in [4.69, 9.17) is 5.11 Å². The maximum absolute atomic E-state index is 11.9. The third-order valence-electron chi connectivity index (χ3n) is 3.25. The molecule has 0 saturated carbocycles. The molecule has 22 heavy (non-hydrogen) atoms. The van der Waals surface area contributed by atoms with Crippen LogP contribution in [0.5, 0.6) is 0 Å². The summed E-state index contributed by atoms with van der Waals surface area (Å²) >= 11 is 0. The summed E-state index contributed by atoms with van der Waals surface area (Å²) in [6.45, 7) is 4.39. The number of benzene rings is 1. The number of nitrogens with zero attached hydrogens (tertiary/aromatic N) is 2. The average molecular weight is 301 g/mol. The second kappa shape index (κ2) is 6.89. The van der Waals surface area contributed by atoms with E-state index in [1.165, 1.54) is 0 Å². The third-order valence-corrected chi connectivity index (χ3v) is 3.25. The Labute approximate surface area is 128 Å². The fourth-order valence-corrected chi connectivity index (χ4v) is 2.02. The molecule has 0 aliphatic rings. The molecule has 2 N–H and O–H groups in total. The molecule has 0 atom stereocenters. The van der Waals surface area contributed by atoms with Crippen LogP contribution in [0, 0.1) is 0 Å². The molecule has 6 heteroatoms. The normalized spacial score (nSPS) is 10.7. The molecule has 0 fully saturated rings. The van der Waals surface area contributed by atoms with Gasteiger partial charge in [-0.3, -0.25) is 14.3 Å². The van der Waals surface area contributed by atoms with E-state index in [1.807, 2.05) is 23.1 Å². The van der Waals surface area contributed by atoms with Gasteiger partial charge in [0.2, 0.25) is 0 Å². The molecule has 0 radical (unpaired) electrons. The van der Waals surface area contributed by atoms with Crippen molar-refractivity contribution in [1.29, 1.82) is 0 Å². The fourth-order valence-electron chi connectivity index (χ4n) is 2.02. The number of carboxylic acid groups (broad SMARTS) is 1. The molecule has 2 rings (SSSR count). The summed E-state index contributed by atoms with van der Waals surface area (Å²) in [5.74, 6) is -1.04. The van der Waals surface area contributed by atoms with Gasteiger partial charge < -0.3 is 10.4 Å². The van der Waals surface area contributed by atoms with Crippen molar-refractivity contribution in [3.8, 4) is 0 Å². The Morgan fingerprint density at radius 3 is 2.77 bits per heavy atom. The quantitative estimate of drug-likeness (QED) is 0.853. The average Bonchev–Trinajstić information content (AvgIpc) is 2.93. The van der Waals surface area contributed by atoms with Gasteiger partial charge in [0.15, 0.2) is 0 Å². The minimum atomic E-state index is -1.07. The van der Waals surface area contributed by atoms with Crippen LogP contribution in [-0.4, -0.2) is 33.3 Å². The van der Waals surface area contributed by atoms with Crippen molar-refractivity contribution in [1.82, 2.24) is 15.1 Å². The Morgan fingerprint density at radius 1 is 1.36 bits per heavy atom. The van der Waals surface area contributed by atoms with Crippen LogP contribution in [0.3, 0.4) is 0 Å². The summed E-state index contributed by atoms with van der Waals surface area (Å²) in [4.78, 5) is 22.3. The summed E-state index contributed by atoms with van der Waals surface area (Å²) in [6.07, 6.45) is 3.83. The minimum Gasteiger partial charge on any atom is -0.480 e. The van der Waals surface area contributed by atoms with E-state index in [2.05, 4.69) is 24.3 Å². The van der Waals surface area contributed by atoms with E-state index in [1.54, 1.807) is 18.2 Å². The van der Waals surface area contributed by atoms with Crippen molar-refractivity contribution in [2.75, 3.05) is 6.54 Å². The number of aromatic nitrogens is 2. The van der Waals surface area contributed by atoms with Crippen LogP contribution in [0.15, 0.2) is 36.7 Å². The molecule has 0 aliphatic carbocycles. The SMILES string of the molecule is CC(C)c1cnn(Cc2cccc(C(=O)NCC(=O)O)c2)c1. The molecular formula is C16H19N3O3. The van der Waals surface area contributed by atoms with Gasteiger partial charge in [0.25, 0.3) is 5.91 Å². The molecule has 0 unspecified atom stereocenters. The largest absolute Gasteiger partial charge is 0.480 e. The highest BCUT2D eigenvalue weighted by Crippen LogP contribution is 2.14. The first kappa shape index (κ1) is 15.8. The maximum Gasteiger partial charge on any atom is 0.322 e. The number of carbonyl (C=O) groups excluding carboxylic acids is 1. The first-order valence-corrected chi connectivity index (χ1v) is 7.07. The second-order valence-electron chi connectivity index (χ2n) is 5.40. The number of nitrogens with one attached hydrogen (secondary N) is 1. The lowest BCUT2D eigenvalue weighted by atomic mass is 10.1. The van der Waals surface area contributed by atoms with Gasteiger partial charge in [0.05, 0.1) is 12.7 Å². The van der Waals surface area contributed by atoms with E-state index in [0.29, 0.717) is 18.0 Å². The highest BCUT2D eigenvalue weighted by molar-refractivity contribution is 5.95. The predicted molar refractivity (Wildman–Crippen MR) is 81.8 cm³/mol. The standard InChI is InChI=1S/C16H19N3O3/c1-11(2)14-7-18-19(10-14)9-12-4-3-5-13(6-12)16(22)17-8-15(20)21/h3-7,10-11H,8-9H2,1-2H3,(H,17,22)(H,20,21). The number of hydrogen-bond donors (Lipinski definition) is 2. The monoisotopic (exact) mass is 301 g/mol. The molecule has 1 aromatic carbocycles. The zero-order valence-corrected chi connectivity index (χ0v) is 12.6. The van der Waals surface area contributed by atoms with Gasteiger partial charge in [-0.2, -0.15) is 5.10 Å². The Hall–Kier alpha value is -2.63. The molecule has 0 aliphatic heterocycles. The van der Waals surface area contributed by atoms with Crippen LogP contribution in [0.25, 0.3) is 0 Å². The molecule has 2 aromatic rings. The Bertz CT molecular complexity index is 677. The molecule has 116 valence electrons. The summed E-state index contributed by atoms with van der Waals surface area (Å²) in [7, 11) is 0. The van der Waals surface area contributed by atoms with Crippen LogP contribution in [0.1, 0.15) is 41.3 Å². The molecule has 1 heterocycles. The molecule has 6 nitrogen and oxygen atoms in total. The van der Waals surface area contributed by atoms with E-state index in [9.17, 15) is 9.59 Å². The van der Waals surface area contributed by atoms with Crippen LogP contribution in [0.2, 0.25) is 0 Å². The zero-order valence-electron chi connectivity index (χ0n) is 12.6. The van der Waals surface area contributed by atoms with Crippen molar-refractivity contribution < 1.29 is 14.7 Å². The Balaban J connectivity index is 2.07. The molecule has 0 bridgehead atoms. The van der Waals surface area contributed by atoms with Gasteiger partial charge in [-0.1, -0.05) is 26.0 Å². The Morgan fingerprint density at radius 2 is 2.14 bits per heavy atom. The minimum absolute atomic E-state index is 0.389. The smallest absolute Gasteiger partial charge is 0.322 e. The van der Waals surface area contributed by atoms with Gasteiger partial charge in [-0.25, -0.2) is 0 Å². The first-order valence-electron chi connectivity index (χ1n) is 7.07. The highest BCUT2D eigenvalue weighted by atomic mass is 16.4. The van der Waals surface area contributed by atoms with Crippen LogP contribution in [-0.2, 0) is 11.3 Å². The molecular weight excluding hydrogens is 282 g/mol. The van der Waals surface area contributed by atoms with Crippen molar-refractivity contribution in [3.63, 3.8) is 0 Å². The third kappa shape index (κ3) is 4.18. The summed E-state index contributed by atoms with van der Waals surface area (Å²) in [5.41, 5.74) is 2.53. The number of carbonyl (C=O) groups is 2. The fraction of sp³-hybridized carbons (Fsp3) is 0.312. The van der Waals surface area contributed by atoms with Crippen molar-refractivity contribution in [2.24, 2.45) is 0 Å². The van der Waals surface area contributed by atoms with Crippen molar-refractivity contribution in [3.05, 3.63) is 53.3 Å². The van der Waals surface area contributed by atoms with Crippen LogP contribution < -0.4 is 5.32 Å². The number of hydrogen-bond acceptors (Lipinski definition) is 3. The van der Waals surface area contributed by atoms with E-state index in [0.717, 1.165) is 11.1 Å². The summed E-state index contributed by atoms with van der Waals surface area (Å²) in [6, 6.07) is 7.08. The predicted octanol–water partition coefficient (Wildman–Crippen LogP) is 1.87. The van der Waals surface area contributed by atoms with Gasteiger partial charge >= 0.3 is 5.97 Å². The topological polar surface area (TPSA) is 84.2 Å². The highest BCUT2D eigenvalue weighted by Gasteiger charge is 2.08. The molecule has 0 spiro atoms. The van der Waals surface area contributed by atoms with E-state index >= 15 is 0 Å². The Kier molecular flexibility index (Phi) is 4.93. The van der Waals surface area contributed by atoms with Crippen molar-refractivity contribution in [2.45, 2.75) is 26.3 Å². The lowest BCUT2D eigenvalue weighted by Crippen LogP contribution is -2.29. The summed E-state index contributed by atoms with van der Waals surface area (Å²) in [5, 5.41) is 15.2. The van der Waals surface area contributed by atoms with Gasteiger partial charge in [0, 0.05) is 11.8 Å². The number of amides is 1. The zero-order chi connectivity index (χ0) is 16.1. The first-order chi connectivity index (χ1) is 10.5. The summed E-state index contributed by atoms with van der Waals surface area (Å²) < 4.78 is 1.82. The number of aliphatic carboxylic acids is 1. The van der Waals surface area contributed by atoms with Crippen molar-refractivity contribution >= 4 is 11.9 Å².